The molecule has 1 aromatic carbocycles. The molecule has 6 nitrogen and oxygen atoms in total. The Kier molecular flexibility index (Phi) is 5.34. The Morgan fingerprint density at radius 3 is 2.83 bits per heavy atom. The second-order valence-electron chi connectivity index (χ2n) is 7.37. The first kappa shape index (κ1) is 19.7. The van der Waals surface area contributed by atoms with E-state index in [4.69, 9.17) is 4.98 Å². The van der Waals surface area contributed by atoms with E-state index in [9.17, 15) is 4.79 Å². The third-order valence-electron chi connectivity index (χ3n) is 5.29. The zero-order valence-corrected chi connectivity index (χ0v) is 19.1. The molecule has 1 amide bonds. The number of rotatable bonds is 7. The lowest BCUT2D eigenvalue weighted by molar-refractivity contribution is -0.128. The van der Waals surface area contributed by atoms with Gasteiger partial charge in [0, 0.05) is 13.1 Å². The van der Waals surface area contributed by atoms with Crippen molar-refractivity contribution < 1.29 is 4.79 Å². The number of nitrogens with zero attached hydrogens (tertiary/aromatic N) is 5. The minimum absolute atomic E-state index is 0.0646. The monoisotopic (exact) mass is 455 g/mol. The van der Waals surface area contributed by atoms with Crippen molar-refractivity contribution in [3.05, 3.63) is 46.8 Å². The number of para-hydroxylation sites is 1. The van der Waals surface area contributed by atoms with Crippen molar-refractivity contribution in [1.29, 1.82) is 0 Å². The summed E-state index contributed by atoms with van der Waals surface area (Å²) in [6.45, 7) is 2.03. The number of hydrogen-bond donors (Lipinski definition) is 0. The highest BCUT2D eigenvalue weighted by atomic mass is 32.2. The summed E-state index contributed by atoms with van der Waals surface area (Å²) in [7, 11) is 1.85. The molecule has 0 bridgehead atoms. The fraction of sp³-hybridized carbons (Fsp3) is 0.333. The number of hydrogen-bond acceptors (Lipinski definition) is 7. The third kappa shape index (κ3) is 3.77. The van der Waals surface area contributed by atoms with Gasteiger partial charge in [-0.05, 0) is 43.3 Å². The van der Waals surface area contributed by atoms with Crippen molar-refractivity contribution in [2.24, 2.45) is 0 Å². The SMILES string of the molecule is C[C@@H](c1nc2ccccc2s1)N(C)C(=O)CSc1nnc(-c2cccs2)n1C1CC1. The number of aromatic nitrogens is 4. The highest BCUT2D eigenvalue weighted by molar-refractivity contribution is 7.99. The number of amides is 1. The number of carbonyl (C=O) groups is 1. The molecule has 30 heavy (non-hydrogen) atoms. The van der Waals surface area contributed by atoms with Crippen LogP contribution in [0.1, 0.15) is 36.9 Å². The molecule has 3 heterocycles. The molecule has 0 saturated heterocycles. The molecule has 9 heteroatoms. The highest BCUT2D eigenvalue weighted by Crippen LogP contribution is 2.41. The van der Waals surface area contributed by atoms with Gasteiger partial charge < -0.3 is 4.90 Å². The van der Waals surface area contributed by atoms with Crippen LogP contribution in [0.3, 0.4) is 0 Å². The Labute approximate surface area is 187 Å². The molecule has 0 aliphatic heterocycles. The van der Waals surface area contributed by atoms with Crippen LogP contribution in [0.2, 0.25) is 0 Å². The summed E-state index contributed by atoms with van der Waals surface area (Å²) >= 11 is 4.79. The summed E-state index contributed by atoms with van der Waals surface area (Å²) in [6, 6.07) is 12.6. The smallest absolute Gasteiger partial charge is 0.233 e. The van der Waals surface area contributed by atoms with Gasteiger partial charge in [0.2, 0.25) is 5.91 Å². The molecule has 5 rings (SSSR count). The second-order valence-corrected chi connectivity index (χ2v) is 10.3. The normalized spacial score (nSPS) is 14.9. The van der Waals surface area contributed by atoms with Gasteiger partial charge >= 0.3 is 0 Å². The summed E-state index contributed by atoms with van der Waals surface area (Å²) < 4.78 is 3.36. The van der Waals surface area contributed by atoms with E-state index < -0.39 is 0 Å². The maximum Gasteiger partial charge on any atom is 0.233 e. The first-order chi connectivity index (χ1) is 14.6. The lowest BCUT2D eigenvalue weighted by Gasteiger charge is -2.23. The molecule has 0 radical (unpaired) electrons. The number of benzene rings is 1. The minimum Gasteiger partial charge on any atom is -0.336 e. The van der Waals surface area contributed by atoms with Crippen molar-refractivity contribution in [3.63, 3.8) is 0 Å². The summed E-state index contributed by atoms with van der Waals surface area (Å²) in [5.41, 5.74) is 0.984. The second kappa shape index (κ2) is 8.13. The first-order valence-corrected chi connectivity index (χ1v) is 12.5. The number of thiophene rings is 1. The molecule has 0 spiro atoms. The molecule has 1 saturated carbocycles. The van der Waals surface area contributed by atoms with Crippen LogP contribution in [0.15, 0.2) is 46.9 Å². The third-order valence-corrected chi connectivity index (χ3v) is 8.29. The minimum atomic E-state index is -0.0709. The van der Waals surface area contributed by atoms with Gasteiger partial charge in [-0.3, -0.25) is 9.36 Å². The molecule has 0 N–H and O–H groups in total. The van der Waals surface area contributed by atoms with Gasteiger partial charge in [-0.1, -0.05) is 30.0 Å². The molecular weight excluding hydrogens is 434 g/mol. The summed E-state index contributed by atoms with van der Waals surface area (Å²) in [5, 5.41) is 12.7. The first-order valence-electron chi connectivity index (χ1n) is 9.84. The van der Waals surface area contributed by atoms with Crippen molar-refractivity contribution in [2.75, 3.05) is 12.8 Å². The topological polar surface area (TPSA) is 63.9 Å². The summed E-state index contributed by atoms with van der Waals surface area (Å²) in [6.07, 6.45) is 2.29. The van der Waals surface area contributed by atoms with Crippen LogP contribution in [0.4, 0.5) is 0 Å². The van der Waals surface area contributed by atoms with Crippen LogP contribution in [0, 0.1) is 0 Å². The van der Waals surface area contributed by atoms with Gasteiger partial charge in [0.05, 0.1) is 26.9 Å². The fourth-order valence-corrected chi connectivity index (χ4v) is 5.99. The average molecular weight is 456 g/mol. The lowest BCUT2D eigenvalue weighted by atomic mass is 10.3. The van der Waals surface area contributed by atoms with Crippen molar-refractivity contribution in [1.82, 2.24) is 24.6 Å². The predicted molar refractivity (Wildman–Crippen MR) is 123 cm³/mol. The average Bonchev–Trinajstić information content (AvgIpc) is 3.17. The zero-order chi connectivity index (χ0) is 20.7. The molecule has 1 fully saturated rings. The Balaban J connectivity index is 1.29. The summed E-state index contributed by atoms with van der Waals surface area (Å²) in [4.78, 5) is 20.5. The fourth-order valence-electron chi connectivity index (χ4n) is 3.29. The number of fused-ring (bicyclic) bond motifs is 1. The zero-order valence-electron chi connectivity index (χ0n) is 16.7. The lowest BCUT2D eigenvalue weighted by Crippen LogP contribution is -2.31. The van der Waals surface area contributed by atoms with E-state index in [1.165, 1.54) is 11.8 Å². The Morgan fingerprint density at radius 1 is 1.27 bits per heavy atom. The van der Waals surface area contributed by atoms with Crippen molar-refractivity contribution >= 4 is 50.6 Å². The van der Waals surface area contributed by atoms with E-state index in [2.05, 4.69) is 32.3 Å². The van der Waals surface area contributed by atoms with Crippen LogP contribution >= 0.6 is 34.4 Å². The molecule has 1 aliphatic rings. The van der Waals surface area contributed by atoms with Crippen LogP contribution in [0.5, 0.6) is 0 Å². The highest BCUT2D eigenvalue weighted by Gasteiger charge is 2.31. The number of carbonyl (C=O) groups excluding carboxylic acids is 1. The van der Waals surface area contributed by atoms with Crippen LogP contribution in [-0.2, 0) is 4.79 Å². The van der Waals surface area contributed by atoms with Gasteiger partial charge in [0.25, 0.3) is 0 Å². The van der Waals surface area contributed by atoms with Gasteiger partial charge in [-0.25, -0.2) is 4.98 Å². The maximum atomic E-state index is 12.9. The van der Waals surface area contributed by atoms with E-state index in [0.29, 0.717) is 11.8 Å². The van der Waals surface area contributed by atoms with Crippen LogP contribution in [-0.4, -0.2) is 43.4 Å². The quantitative estimate of drug-likeness (QED) is 0.356. The van der Waals surface area contributed by atoms with Crippen LogP contribution in [0.25, 0.3) is 20.9 Å². The van der Waals surface area contributed by atoms with E-state index in [1.807, 2.05) is 38.2 Å². The Hall–Kier alpha value is -2.23. The molecule has 1 aliphatic carbocycles. The van der Waals surface area contributed by atoms with E-state index in [1.54, 1.807) is 27.6 Å². The van der Waals surface area contributed by atoms with Crippen molar-refractivity contribution in [2.45, 2.75) is 37.0 Å². The number of thioether (sulfide) groups is 1. The largest absolute Gasteiger partial charge is 0.336 e. The summed E-state index contributed by atoms with van der Waals surface area (Å²) in [5.74, 6) is 1.31. The maximum absolute atomic E-state index is 12.9. The predicted octanol–water partition coefficient (Wildman–Crippen LogP) is 5.26. The van der Waals surface area contributed by atoms with Gasteiger partial charge in [-0.2, -0.15) is 0 Å². The molecule has 3 aromatic heterocycles. The van der Waals surface area contributed by atoms with Gasteiger partial charge in [0.1, 0.15) is 5.01 Å². The molecule has 1 atom stereocenters. The Bertz CT molecular complexity index is 1150. The number of thiazole rings is 1. The van der Waals surface area contributed by atoms with Gasteiger partial charge in [0.15, 0.2) is 11.0 Å². The van der Waals surface area contributed by atoms with E-state index >= 15 is 0 Å². The standard InChI is InChI=1S/C21H21N5OS3/c1-13(20-22-15-6-3-4-7-16(15)30-20)25(2)18(27)12-29-21-24-23-19(17-8-5-11-28-17)26(21)14-9-10-14/h3-8,11,13-14H,9-10,12H2,1-2H3/t13-/m0/s1. The Morgan fingerprint density at radius 2 is 2.10 bits per heavy atom. The van der Waals surface area contributed by atoms with Crippen LogP contribution < -0.4 is 0 Å². The molecule has 0 unspecified atom stereocenters. The molecular formula is C21H21N5OS3. The van der Waals surface area contributed by atoms with E-state index in [0.717, 1.165) is 43.9 Å². The van der Waals surface area contributed by atoms with E-state index in [-0.39, 0.29) is 11.9 Å². The van der Waals surface area contributed by atoms with Gasteiger partial charge in [-0.15, -0.1) is 32.9 Å². The van der Waals surface area contributed by atoms with Crippen molar-refractivity contribution in [3.8, 4) is 10.7 Å². The molecule has 4 aromatic rings. The molecule has 154 valence electrons.